The van der Waals surface area contributed by atoms with E-state index in [1.165, 1.54) is 4.90 Å². The van der Waals surface area contributed by atoms with Gasteiger partial charge in [-0.25, -0.2) is 0 Å². The molecule has 0 aromatic heterocycles. The van der Waals surface area contributed by atoms with Crippen molar-refractivity contribution in [3.8, 4) is 23.0 Å². The highest BCUT2D eigenvalue weighted by Gasteiger charge is 2.28. The van der Waals surface area contributed by atoms with Gasteiger partial charge in [-0.15, -0.1) is 0 Å². The predicted octanol–water partition coefficient (Wildman–Crippen LogP) is 2.29. The molecule has 1 aliphatic rings. The van der Waals surface area contributed by atoms with Crippen molar-refractivity contribution in [2.45, 2.75) is 0 Å². The number of ether oxygens (including phenoxy) is 4. The summed E-state index contributed by atoms with van der Waals surface area (Å²) in [7, 11) is 8.46. The molecule has 158 valence electrons. The van der Waals surface area contributed by atoms with E-state index in [0.717, 1.165) is 22.3 Å². The summed E-state index contributed by atoms with van der Waals surface area (Å²) in [4.78, 5) is 14.5. The van der Waals surface area contributed by atoms with Crippen LogP contribution in [0.4, 0.5) is 0 Å². The van der Waals surface area contributed by atoms with Crippen LogP contribution in [-0.4, -0.2) is 54.4 Å². The van der Waals surface area contributed by atoms with Crippen LogP contribution in [0.5, 0.6) is 23.0 Å². The number of rotatable bonds is 6. The number of piperidine rings is 1. The third-order valence-corrected chi connectivity index (χ3v) is 5.09. The van der Waals surface area contributed by atoms with Gasteiger partial charge in [0.25, 0.3) is 0 Å². The molecule has 1 saturated heterocycles. The predicted molar refractivity (Wildman–Crippen MR) is 117 cm³/mol. The van der Waals surface area contributed by atoms with E-state index in [9.17, 15) is 4.79 Å². The number of para-hydroxylation sites is 2. The normalized spacial score (nSPS) is 19.1. The van der Waals surface area contributed by atoms with E-state index >= 15 is 0 Å². The number of quaternary nitrogens is 1. The molecule has 1 heterocycles. The Balaban J connectivity index is 2.03. The van der Waals surface area contributed by atoms with Crippen molar-refractivity contribution >= 4 is 17.9 Å². The minimum atomic E-state index is 0.0235. The number of methoxy groups -OCH3 is 4. The number of nitrogens with one attached hydrogen (secondary N) is 1. The molecule has 1 N–H and O–H groups in total. The van der Waals surface area contributed by atoms with E-state index in [2.05, 4.69) is 7.05 Å². The topological polar surface area (TPSA) is 58.4 Å². The molecule has 0 atom stereocenters. The molecule has 1 fully saturated rings. The smallest absolute Gasteiger partial charge is 0.196 e. The van der Waals surface area contributed by atoms with Gasteiger partial charge in [-0.1, -0.05) is 24.3 Å². The molecule has 3 rings (SSSR count). The molecule has 2 aromatic carbocycles. The van der Waals surface area contributed by atoms with E-state index in [1.54, 1.807) is 28.4 Å². The van der Waals surface area contributed by atoms with Crippen LogP contribution in [0.25, 0.3) is 12.2 Å². The zero-order valence-corrected chi connectivity index (χ0v) is 18.1. The number of ketones is 1. The van der Waals surface area contributed by atoms with Crippen molar-refractivity contribution in [2.24, 2.45) is 0 Å². The van der Waals surface area contributed by atoms with E-state index < -0.39 is 0 Å². The fraction of sp³-hybridized carbons (Fsp3) is 0.292. The van der Waals surface area contributed by atoms with Gasteiger partial charge >= 0.3 is 0 Å². The molecule has 0 saturated carbocycles. The van der Waals surface area contributed by atoms with Crippen molar-refractivity contribution < 1.29 is 28.6 Å². The number of Topliss-reactive ketones (excluding diaryl/α,β-unsaturated/α-hetero) is 1. The summed E-state index contributed by atoms with van der Waals surface area (Å²) in [5.41, 5.74) is 3.07. The Labute approximate surface area is 177 Å². The second-order valence-corrected chi connectivity index (χ2v) is 7.14. The Morgan fingerprint density at radius 3 is 1.53 bits per heavy atom. The number of hydrogen-bond donors (Lipinski definition) is 1. The summed E-state index contributed by atoms with van der Waals surface area (Å²) >= 11 is 0. The summed E-state index contributed by atoms with van der Waals surface area (Å²) in [6.07, 6.45) is 3.78. The number of likely N-dealkylation sites (N-methyl/N-ethyl adjacent to an activating group) is 1. The van der Waals surface area contributed by atoms with E-state index in [0.29, 0.717) is 36.1 Å². The number of likely N-dealkylation sites (tertiary alicyclic amines) is 1. The molecule has 0 spiro atoms. The monoisotopic (exact) mass is 410 g/mol. The van der Waals surface area contributed by atoms with Crippen molar-refractivity contribution in [3.63, 3.8) is 0 Å². The summed E-state index contributed by atoms with van der Waals surface area (Å²) < 4.78 is 21.8. The first-order chi connectivity index (χ1) is 14.5. The van der Waals surface area contributed by atoms with Crippen molar-refractivity contribution in [1.29, 1.82) is 0 Å². The Bertz CT molecular complexity index is 916. The first kappa shape index (κ1) is 21.5. The molecule has 2 aromatic rings. The van der Waals surface area contributed by atoms with Crippen molar-refractivity contribution in [2.75, 3.05) is 48.6 Å². The molecular formula is C24H28NO5+. The molecule has 0 radical (unpaired) electrons. The second-order valence-electron chi connectivity index (χ2n) is 7.14. The minimum Gasteiger partial charge on any atom is -0.493 e. The van der Waals surface area contributed by atoms with Crippen molar-refractivity contribution in [1.82, 2.24) is 0 Å². The number of carbonyl (C=O) groups excluding carboxylic acids is 1. The average Bonchev–Trinajstić information content (AvgIpc) is 2.76. The number of benzene rings is 2. The SMILES string of the molecule is COc1cccc(C=C2C[NH+](C)CC(=Cc3cccc(OC)c3OC)C2=O)c1OC. The molecule has 6 nitrogen and oxygen atoms in total. The molecule has 30 heavy (non-hydrogen) atoms. The van der Waals surface area contributed by atoms with E-state index in [-0.39, 0.29) is 5.78 Å². The largest absolute Gasteiger partial charge is 0.493 e. The lowest BCUT2D eigenvalue weighted by molar-refractivity contribution is -0.870. The van der Waals surface area contributed by atoms with Gasteiger partial charge in [-0.05, 0) is 24.3 Å². The molecule has 0 aliphatic carbocycles. The maximum absolute atomic E-state index is 13.3. The molecule has 0 bridgehead atoms. The Morgan fingerprint density at radius 1 is 0.733 bits per heavy atom. The molecule has 0 amide bonds. The van der Waals surface area contributed by atoms with Gasteiger partial charge in [0.05, 0.1) is 46.6 Å². The standard InChI is InChI=1S/C24H27NO5/c1-25-14-18(12-16-8-6-10-20(27-2)23(16)29-4)22(26)19(15-25)13-17-9-7-11-21(28-3)24(17)30-5/h6-13H,14-15H2,1-5H3/p+1. The van der Waals surface area contributed by atoms with Crippen LogP contribution in [0.1, 0.15) is 11.1 Å². The lowest BCUT2D eigenvalue weighted by Gasteiger charge is -2.24. The van der Waals surface area contributed by atoms with Gasteiger partial charge in [0.1, 0.15) is 13.1 Å². The summed E-state index contributed by atoms with van der Waals surface area (Å²) in [5, 5.41) is 0. The highest BCUT2D eigenvalue weighted by molar-refractivity contribution is 6.14. The Kier molecular flexibility index (Phi) is 6.79. The highest BCUT2D eigenvalue weighted by Crippen LogP contribution is 2.34. The van der Waals surface area contributed by atoms with Crippen LogP contribution < -0.4 is 23.8 Å². The number of carbonyl (C=O) groups is 1. The highest BCUT2D eigenvalue weighted by atomic mass is 16.5. The van der Waals surface area contributed by atoms with Gasteiger partial charge in [-0.3, -0.25) is 4.79 Å². The van der Waals surface area contributed by atoms with Gasteiger partial charge in [0.15, 0.2) is 28.8 Å². The zero-order chi connectivity index (χ0) is 21.7. The molecule has 0 unspecified atom stereocenters. The van der Waals surface area contributed by atoms with Gasteiger partial charge in [-0.2, -0.15) is 0 Å². The fourth-order valence-electron chi connectivity index (χ4n) is 3.74. The number of hydrogen-bond acceptors (Lipinski definition) is 5. The first-order valence-electron chi connectivity index (χ1n) is 9.71. The average molecular weight is 410 g/mol. The summed E-state index contributed by atoms with van der Waals surface area (Å²) in [6.45, 7) is 1.26. The van der Waals surface area contributed by atoms with E-state index in [1.807, 2.05) is 48.6 Å². The van der Waals surface area contributed by atoms with Gasteiger partial charge in [0.2, 0.25) is 0 Å². The fourth-order valence-corrected chi connectivity index (χ4v) is 3.74. The van der Waals surface area contributed by atoms with Gasteiger partial charge in [0, 0.05) is 11.1 Å². The quantitative estimate of drug-likeness (QED) is 0.741. The maximum Gasteiger partial charge on any atom is 0.196 e. The third kappa shape index (κ3) is 4.33. The molecule has 6 heteroatoms. The minimum absolute atomic E-state index is 0.0235. The third-order valence-electron chi connectivity index (χ3n) is 5.09. The van der Waals surface area contributed by atoms with Crippen LogP contribution in [0, 0.1) is 0 Å². The molecular weight excluding hydrogens is 382 g/mol. The first-order valence-corrected chi connectivity index (χ1v) is 9.71. The van der Waals surface area contributed by atoms with Crippen LogP contribution in [0.15, 0.2) is 47.5 Å². The summed E-state index contributed by atoms with van der Waals surface area (Å²) in [6, 6.07) is 11.3. The molecule has 1 aliphatic heterocycles. The lowest BCUT2D eigenvalue weighted by Crippen LogP contribution is -3.10. The van der Waals surface area contributed by atoms with Gasteiger partial charge < -0.3 is 23.8 Å². The Hall–Kier alpha value is -3.25. The van der Waals surface area contributed by atoms with E-state index in [4.69, 9.17) is 18.9 Å². The van der Waals surface area contributed by atoms with Crippen LogP contribution in [0.2, 0.25) is 0 Å². The Morgan fingerprint density at radius 2 is 1.17 bits per heavy atom. The van der Waals surface area contributed by atoms with Crippen molar-refractivity contribution in [3.05, 3.63) is 58.7 Å². The summed E-state index contributed by atoms with van der Waals surface area (Å²) in [5.74, 6) is 2.52. The lowest BCUT2D eigenvalue weighted by atomic mass is 9.94. The van der Waals surface area contributed by atoms with Crippen LogP contribution >= 0.6 is 0 Å². The zero-order valence-electron chi connectivity index (χ0n) is 18.1. The second kappa shape index (κ2) is 9.50. The maximum atomic E-state index is 13.3. The van der Waals surface area contributed by atoms with Crippen LogP contribution in [0.3, 0.4) is 0 Å². The van der Waals surface area contributed by atoms with Crippen LogP contribution in [-0.2, 0) is 4.79 Å².